The molecule has 132 valence electrons. The van der Waals surface area contributed by atoms with Crippen molar-refractivity contribution in [3.8, 4) is 5.75 Å². The van der Waals surface area contributed by atoms with Gasteiger partial charge in [-0.3, -0.25) is 4.79 Å². The average molecular weight is 338 g/mol. The van der Waals surface area contributed by atoms with E-state index < -0.39 is 0 Å². The van der Waals surface area contributed by atoms with Gasteiger partial charge in [-0.25, -0.2) is 0 Å². The van der Waals surface area contributed by atoms with Gasteiger partial charge in [0.05, 0.1) is 7.11 Å². The van der Waals surface area contributed by atoms with Gasteiger partial charge in [-0.1, -0.05) is 17.7 Å². The Labute approximate surface area is 149 Å². The van der Waals surface area contributed by atoms with Gasteiger partial charge in [0.2, 0.25) is 0 Å². The number of carbonyl (C=O) groups excluding carboxylic acids is 1. The predicted molar refractivity (Wildman–Crippen MR) is 97.4 cm³/mol. The topological polar surface area (TPSA) is 35.5 Å². The predicted octanol–water partition coefficient (Wildman–Crippen LogP) is 4.92. The molecule has 0 saturated heterocycles. The van der Waals surface area contributed by atoms with Crippen LogP contribution in [0.15, 0.2) is 41.2 Å². The number of methoxy groups -OCH3 is 1. The van der Waals surface area contributed by atoms with Crippen molar-refractivity contribution in [1.29, 1.82) is 0 Å². The maximum absolute atomic E-state index is 11.6. The number of fused-ring (bicyclic) bond motifs is 5. The van der Waals surface area contributed by atoms with E-state index in [-0.39, 0.29) is 11.4 Å². The molecule has 0 aromatic heterocycles. The summed E-state index contributed by atoms with van der Waals surface area (Å²) in [7, 11) is 1.73. The van der Waals surface area contributed by atoms with Crippen LogP contribution in [0.2, 0.25) is 0 Å². The molecule has 1 aromatic carbocycles. The lowest BCUT2D eigenvalue weighted by Gasteiger charge is -2.46. The quantitative estimate of drug-likeness (QED) is 0.718. The van der Waals surface area contributed by atoms with Crippen LogP contribution in [-0.4, -0.2) is 13.1 Å². The van der Waals surface area contributed by atoms with E-state index in [9.17, 15) is 4.79 Å². The van der Waals surface area contributed by atoms with Gasteiger partial charge >= 0.3 is 5.97 Å². The van der Waals surface area contributed by atoms with Crippen LogP contribution in [-0.2, 0) is 16.0 Å². The maximum atomic E-state index is 11.6. The van der Waals surface area contributed by atoms with Crippen molar-refractivity contribution in [2.45, 2.75) is 52.4 Å². The molecule has 0 spiro atoms. The Hall–Kier alpha value is -2.03. The number of esters is 1. The molecule has 3 aliphatic carbocycles. The summed E-state index contributed by atoms with van der Waals surface area (Å²) in [6.45, 7) is 5.83. The van der Waals surface area contributed by atoms with Crippen molar-refractivity contribution in [3.63, 3.8) is 0 Å². The summed E-state index contributed by atoms with van der Waals surface area (Å²) in [4.78, 5) is 11.6. The van der Waals surface area contributed by atoms with Gasteiger partial charge in [0.15, 0.2) is 0 Å². The van der Waals surface area contributed by atoms with Crippen molar-refractivity contribution in [2.24, 2.45) is 11.3 Å². The normalized spacial score (nSPS) is 30.2. The van der Waals surface area contributed by atoms with Crippen LogP contribution in [0.4, 0.5) is 0 Å². The monoisotopic (exact) mass is 338 g/mol. The highest BCUT2D eigenvalue weighted by Gasteiger charge is 2.50. The maximum Gasteiger partial charge on any atom is 0.307 e. The number of allylic oxidation sites excluding steroid dienone is 3. The van der Waals surface area contributed by atoms with Gasteiger partial charge in [-0.15, -0.1) is 0 Å². The molecule has 25 heavy (non-hydrogen) atoms. The summed E-state index contributed by atoms with van der Waals surface area (Å²) in [6, 6.07) is 6.55. The van der Waals surface area contributed by atoms with Crippen molar-refractivity contribution in [1.82, 2.24) is 0 Å². The molecule has 3 heteroatoms. The Bertz CT molecular complexity index is 801. The molecule has 0 N–H and O–H groups in total. The molecule has 0 heterocycles. The SMILES string of the molecule is COc1ccc2c(c1)CC[C@H]1C3=CC(C)=C(OC(C)=O)[C@@]3(C)CC[C@H]21. The largest absolute Gasteiger partial charge is 0.497 e. The van der Waals surface area contributed by atoms with Crippen LogP contribution >= 0.6 is 0 Å². The van der Waals surface area contributed by atoms with E-state index in [1.165, 1.54) is 23.6 Å². The van der Waals surface area contributed by atoms with Crippen molar-refractivity contribution in [3.05, 3.63) is 52.3 Å². The zero-order valence-corrected chi connectivity index (χ0v) is 15.5. The van der Waals surface area contributed by atoms with Gasteiger partial charge in [0.25, 0.3) is 0 Å². The molecule has 1 fully saturated rings. The minimum absolute atomic E-state index is 0.110. The van der Waals surface area contributed by atoms with E-state index in [0.29, 0.717) is 11.8 Å². The van der Waals surface area contributed by atoms with Crippen molar-refractivity contribution < 1.29 is 14.3 Å². The standard InChI is InChI=1S/C22H26O3/c1-13-11-20-19-7-5-15-12-16(24-4)6-8-17(15)18(19)9-10-22(20,3)21(13)25-14(2)23/h6,8,11-12,18-19H,5,7,9-10H2,1-4H3/t18-,19-,22+/m1/s1. The summed E-state index contributed by atoms with van der Waals surface area (Å²) in [5.41, 5.74) is 5.40. The van der Waals surface area contributed by atoms with E-state index in [4.69, 9.17) is 9.47 Å². The second kappa shape index (κ2) is 5.76. The van der Waals surface area contributed by atoms with Crippen LogP contribution in [0, 0.1) is 11.3 Å². The first kappa shape index (κ1) is 16.4. The van der Waals surface area contributed by atoms with Gasteiger partial charge < -0.3 is 9.47 Å². The Morgan fingerprint density at radius 2 is 2.04 bits per heavy atom. The highest BCUT2D eigenvalue weighted by molar-refractivity contribution is 5.68. The van der Waals surface area contributed by atoms with Gasteiger partial charge in [0.1, 0.15) is 11.5 Å². The minimum Gasteiger partial charge on any atom is -0.497 e. The van der Waals surface area contributed by atoms with Crippen LogP contribution in [0.25, 0.3) is 0 Å². The lowest BCUT2D eigenvalue weighted by Crippen LogP contribution is -2.36. The summed E-state index contributed by atoms with van der Waals surface area (Å²) in [6.07, 6.45) is 6.71. The lowest BCUT2D eigenvalue weighted by molar-refractivity contribution is -0.138. The smallest absolute Gasteiger partial charge is 0.307 e. The van der Waals surface area contributed by atoms with Crippen LogP contribution < -0.4 is 4.74 Å². The van der Waals surface area contributed by atoms with E-state index in [1.54, 1.807) is 7.11 Å². The van der Waals surface area contributed by atoms with Gasteiger partial charge in [0, 0.05) is 12.3 Å². The second-order valence-electron chi connectivity index (χ2n) is 7.89. The summed E-state index contributed by atoms with van der Waals surface area (Å²) in [5.74, 6) is 2.73. The molecule has 0 radical (unpaired) electrons. The van der Waals surface area contributed by atoms with E-state index in [2.05, 4.69) is 38.1 Å². The first-order valence-electron chi connectivity index (χ1n) is 9.22. The molecular formula is C22H26O3. The van der Waals surface area contributed by atoms with E-state index in [0.717, 1.165) is 42.8 Å². The zero-order valence-electron chi connectivity index (χ0n) is 15.5. The summed E-state index contributed by atoms with van der Waals surface area (Å²) in [5, 5.41) is 0. The highest BCUT2D eigenvalue weighted by atomic mass is 16.5. The van der Waals surface area contributed by atoms with Crippen LogP contribution in [0.5, 0.6) is 5.75 Å². The molecule has 0 aliphatic heterocycles. The molecule has 0 amide bonds. The Morgan fingerprint density at radius 1 is 1.24 bits per heavy atom. The average Bonchev–Trinajstić information content (AvgIpc) is 2.85. The lowest BCUT2D eigenvalue weighted by atomic mass is 9.58. The van der Waals surface area contributed by atoms with Crippen molar-refractivity contribution >= 4 is 5.97 Å². The van der Waals surface area contributed by atoms with E-state index in [1.807, 2.05) is 0 Å². The number of hydrogen-bond acceptors (Lipinski definition) is 3. The number of rotatable bonds is 2. The number of carbonyl (C=O) groups is 1. The Kier molecular flexibility index (Phi) is 3.78. The molecule has 4 rings (SSSR count). The Balaban J connectivity index is 1.69. The second-order valence-corrected chi connectivity index (χ2v) is 7.89. The van der Waals surface area contributed by atoms with Gasteiger partial charge in [-0.2, -0.15) is 0 Å². The molecule has 3 nitrogen and oxygen atoms in total. The summed E-state index contributed by atoms with van der Waals surface area (Å²) >= 11 is 0. The molecule has 1 saturated carbocycles. The Morgan fingerprint density at radius 3 is 2.76 bits per heavy atom. The van der Waals surface area contributed by atoms with E-state index >= 15 is 0 Å². The van der Waals surface area contributed by atoms with Crippen molar-refractivity contribution in [2.75, 3.05) is 7.11 Å². The molecule has 3 aliphatic rings. The number of hydrogen-bond donors (Lipinski definition) is 0. The molecular weight excluding hydrogens is 312 g/mol. The molecule has 0 bridgehead atoms. The van der Waals surface area contributed by atoms with Gasteiger partial charge in [-0.05, 0) is 80.2 Å². The number of ether oxygens (including phenoxy) is 2. The molecule has 0 unspecified atom stereocenters. The highest BCUT2D eigenvalue weighted by Crippen LogP contribution is 2.60. The fourth-order valence-electron chi connectivity index (χ4n) is 5.32. The summed E-state index contributed by atoms with van der Waals surface area (Å²) < 4.78 is 11.0. The third-order valence-electron chi connectivity index (χ3n) is 6.43. The molecule has 1 aromatic rings. The number of benzene rings is 1. The molecule has 3 atom stereocenters. The third kappa shape index (κ3) is 2.44. The first-order valence-corrected chi connectivity index (χ1v) is 9.22. The number of aryl methyl sites for hydroxylation is 1. The minimum atomic E-state index is -0.214. The zero-order chi connectivity index (χ0) is 17.8. The van der Waals surface area contributed by atoms with Crippen LogP contribution in [0.3, 0.4) is 0 Å². The fourth-order valence-corrected chi connectivity index (χ4v) is 5.32. The third-order valence-corrected chi connectivity index (χ3v) is 6.43. The first-order chi connectivity index (χ1) is 11.9. The fraction of sp³-hybridized carbons (Fsp3) is 0.500. The van der Waals surface area contributed by atoms with Crippen LogP contribution in [0.1, 0.15) is 57.1 Å².